The molecular formula is C24H29N5O4. The molecule has 0 radical (unpaired) electrons. The third kappa shape index (κ3) is 3.55. The number of amides is 1. The fourth-order valence-corrected chi connectivity index (χ4v) is 5.40. The van der Waals surface area contributed by atoms with Crippen molar-refractivity contribution in [2.75, 3.05) is 52.6 Å². The van der Waals surface area contributed by atoms with Crippen LogP contribution in [-0.2, 0) is 9.47 Å². The van der Waals surface area contributed by atoms with Crippen LogP contribution in [0.2, 0.25) is 0 Å². The van der Waals surface area contributed by atoms with Crippen LogP contribution in [0.3, 0.4) is 0 Å². The molecule has 3 aromatic rings. The summed E-state index contributed by atoms with van der Waals surface area (Å²) in [4.78, 5) is 33.5. The number of carbonyl (C=O) groups is 1. The minimum absolute atomic E-state index is 0.0513. The lowest BCUT2D eigenvalue weighted by molar-refractivity contribution is -0.0256. The Morgan fingerprint density at radius 1 is 1.03 bits per heavy atom. The number of pyridine rings is 1. The Bertz CT molecular complexity index is 1260. The van der Waals surface area contributed by atoms with Gasteiger partial charge in [-0.05, 0) is 37.5 Å². The predicted octanol–water partition coefficient (Wildman–Crippen LogP) is 1.69. The van der Waals surface area contributed by atoms with Crippen LogP contribution in [0.1, 0.15) is 34.8 Å². The van der Waals surface area contributed by atoms with Gasteiger partial charge in [0.05, 0.1) is 41.9 Å². The summed E-state index contributed by atoms with van der Waals surface area (Å²) < 4.78 is 12.9. The zero-order chi connectivity index (χ0) is 22.5. The Labute approximate surface area is 191 Å². The number of nitrogens with one attached hydrogen (secondary N) is 1. The molecule has 33 heavy (non-hydrogen) atoms. The van der Waals surface area contributed by atoms with Crippen molar-refractivity contribution >= 4 is 27.7 Å². The number of likely N-dealkylation sites (tertiary alicyclic amines) is 1. The smallest absolute Gasteiger partial charge is 0.259 e. The fourth-order valence-electron chi connectivity index (χ4n) is 5.40. The van der Waals surface area contributed by atoms with Gasteiger partial charge in [-0.3, -0.25) is 19.2 Å². The van der Waals surface area contributed by atoms with Crippen molar-refractivity contribution in [3.05, 3.63) is 39.8 Å². The monoisotopic (exact) mass is 451 g/mol. The van der Waals surface area contributed by atoms with Gasteiger partial charge < -0.3 is 19.4 Å². The van der Waals surface area contributed by atoms with E-state index >= 15 is 0 Å². The second-order valence-corrected chi connectivity index (χ2v) is 9.37. The van der Waals surface area contributed by atoms with Gasteiger partial charge in [0, 0.05) is 56.4 Å². The number of rotatable bonds is 3. The summed E-state index contributed by atoms with van der Waals surface area (Å²) in [6.07, 6.45) is 3.37. The van der Waals surface area contributed by atoms with Gasteiger partial charge in [0.1, 0.15) is 0 Å². The molecule has 3 fully saturated rings. The summed E-state index contributed by atoms with van der Waals surface area (Å²) in [5.74, 6) is 0.0513. The van der Waals surface area contributed by atoms with Crippen LogP contribution in [0.4, 0.5) is 0 Å². The van der Waals surface area contributed by atoms with Crippen molar-refractivity contribution < 1.29 is 14.3 Å². The number of morpholine rings is 1. The first-order valence-electron chi connectivity index (χ1n) is 11.8. The number of aryl methyl sites for hydroxylation is 1. The molecule has 2 aromatic heterocycles. The van der Waals surface area contributed by atoms with Crippen molar-refractivity contribution in [1.82, 2.24) is 24.6 Å². The summed E-state index contributed by atoms with van der Waals surface area (Å²) in [5.41, 5.74) is 2.96. The Kier molecular flexibility index (Phi) is 5.20. The second kappa shape index (κ2) is 8.23. The maximum absolute atomic E-state index is 13.4. The standard InChI is InChI=1S/C24H29N5O4/c1-15-10-21-19(11-18(15)24(31)28-13-17(14-28)27-4-8-33-9-5-27)22-20(23(30)26-21)12-25-29(22)16-2-6-32-7-3-16/h10-12,16-17H,2-9,13-14H2,1H3,(H,26,30). The molecule has 6 rings (SSSR count). The van der Waals surface area contributed by atoms with Crippen LogP contribution < -0.4 is 5.56 Å². The molecule has 3 saturated heterocycles. The second-order valence-electron chi connectivity index (χ2n) is 9.37. The molecule has 9 nitrogen and oxygen atoms in total. The maximum Gasteiger partial charge on any atom is 0.259 e. The minimum atomic E-state index is -0.148. The highest BCUT2D eigenvalue weighted by Gasteiger charge is 2.36. The molecule has 0 spiro atoms. The number of carbonyl (C=O) groups excluding carboxylic acids is 1. The average molecular weight is 452 g/mol. The molecule has 1 amide bonds. The first-order chi connectivity index (χ1) is 16.1. The minimum Gasteiger partial charge on any atom is -0.381 e. The average Bonchev–Trinajstić information content (AvgIpc) is 3.25. The third-order valence-corrected chi connectivity index (χ3v) is 7.39. The van der Waals surface area contributed by atoms with E-state index in [1.165, 1.54) is 0 Å². The van der Waals surface area contributed by atoms with E-state index in [4.69, 9.17) is 9.47 Å². The quantitative estimate of drug-likeness (QED) is 0.652. The molecule has 174 valence electrons. The van der Waals surface area contributed by atoms with Crippen molar-refractivity contribution in [2.45, 2.75) is 31.8 Å². The van der Waals surface area contributed by atoms with E-state index in [-0.39, 0.29) is 17.5 Å². The van der Waals surface area contributed by atoms with Crippen molar-refractivity contribution in [3.63, 3.8) is 0 Å². The Balaban J connectivity index is 1.36. The van der Waals surface area contributed by atoms with Crippen LogP contribution in [0.25, 0.3) is 21.8 Å². The number of ether oxygens (including phenoxy) is 2. The molecule has 3 aliphatic rings. The van der Waals surface area contributed by atoms with Gasteiger partial charge in [-0.15, -0.1) is 0 Å². The van der Waals surface area contributed by atoms with E-state index in [0.29, 0.717) is 30.2 Å². The normalized spacial score (nSPS) is 21.1. The predicted molar refractivity (Wildman–Crippen MR) is 124 cm³/mol. The third-order valence-electron chi connectivity index (χ3n) is 7.39. The lowest BCUT2D eigenvalue weighted by Gasteiger charge is -2.46. The van der Waals surface area contributed by atoms with Crippen molar-refractivity contribution in [3.8, 4) is 0 Å². The molecule has 0 saturated carbocycles. The highest BCUT2D eigenvalue weighted by atomic mass is 16.5. The van der Waals surface area contributed by atoms with E-state index in [0.717, 1.165) is 74.2 Å². The highest BCUT2D eigenvalue weighted by Crippen LogP contribution is 2.31. The van der Waals surface area contributed by atoms with Gasteiger partial charge >= 0.3 is 0 Å². The number of hydrogen-bond acceptors (Lipinski definition) is 6. The molecule has 5 heterocycles. The molecule has 0 atom stereocenters. The topological polar surface area (TPSA) is 92.7 Å². The Hall–Kier alpha value is -2.75. The summed E-state index contributed by atoms with van der Waals surface area (Å²) in [6, 6.07) is 4.47. The molecule has 0 bridgehead atoms. The van der Waals surface area contributed by atoms with Crippen molar-refractivity contribution in [1.29, 1.82) is 0 Å². The van der Waals surface area contributed by atoms with Gasteiger partial charge in [-0.25, -0.2) is 0 Å². The molecule has 0 aliphatic carbocycles. The van der Waals surface area contributed by atoms with E-state index in [1.807, 2.05) is 28.6 Å². The summed E-state index contributed by atoms with van der Waals surface area (Å²) in [5, 5.41) is 6.01. The first-order valence-corrected chi connectivity index (χ1v) is 11.8. The van der Waals surface area contributed by atoms with E-state index in [2.05, 4.69) is 15.0 Å². The largest absolute Gasteiger partial charge is 0.381 e. The Morgan fingerprint density at radius 2 is 1.76 bits per heavy atom. The molecule has 0 unspecified atom stereocenters. The Morgan fingerprint density at radius 3 is 2.52 bits per heavy atom. The number of aromatic amines is 1. The molecule has 1 aromatic carbocycles. The maximum atomic E-state index is 13.4. The van der Waals surface area contributed by atoms with Crippen LogP contribution in [0, 0.1) is 6.92 Å². The number of hydrogen-bond donors (Lipinski definition) is 1. The summed E-state index contributed by atoms with van der Waals surface area (Å²) >= 11 is 0. The summed E-state index contributed by atoms with van der Waals surface area (Å²) in [7, 11) is 0. The number of H-pyrrole nitrogens is 1. The van der Waals surface area contributed by atoms with Crippen LogP contribution in [0.15, 0.2) is 23.1 Å². The van der Waals surface area contributed by atoms with E-state index in [9.17, 15) is 9.59 Å². The molecular weight excluding hydrogens is 422 g/mol. The number of nitrogens with zero attached hydrogens (tertiary/aromatic N) is 4. The number of aromatic nitrogens is 3. The lowest BCUT2D eigenvalue weighted by atomic mass is 9.99. The zero-order valence-electron chi connectivity index (χ0n) is 18.9. The van der Waals surface area contributed by atoms with Crippen LogP contribution in [-0.4, -0.2) is 89.1 Å². The lowest BCUT2D eigenvalue weighted by Crippen LogP contribution is -2.62. The number of benzene rings is 1. The van der Waals surface area contributed by atoms with Gasteiger partial charge in [0.25, 0.3) is 11.5 Å². The van der Waals surface area contributed by atoms with Crippen LogP contribution >= 0.6 is 0 Å². The fraction of sp³-hybridized carbons (Fsp3) is 0.542. The van der Waals surface area contributed by atoms with Crippen molar-refractivity contribution in [2.24, 2.45) is 0 Å². The SMILES string of the molecule is Cc1cc2[nH]c(=O)c3cnn(C4CCOCC4)c3c2cc1C(=O)N1CC(N2CCOCC2)C1. The number of fused-ring (bicyclic) bond motifs is 3. The highest BCUT2D eigenvalue weighted by molar-refractivity contribution is 6.07. The van der Waals surface area contributed by atoms with Gasteiger partial charge in [-0.1, -0.05) is 0 Å². The van der Waals surface area contributed by atoms with Gasteiger partial charge in [-0.2, -0.15) is 5.10 Å². The summed E-state index contributed by atoms with van der Waals surface area (Å²) in [6.45, 7) is 8.21. The van der Waals surface area contributed by atoms with E-state index in [1.54, 1.807) is 6.20 Å². The molecule has 3 aliphatic heterocycles. The van der Waals surface area contributed by atoms with Crippen LogP contribution in [0.5, 0.6) is 0 Å². The van der Waals surface area contributed by atoms with Gasteiger partial charge in [0.2, 0.25) is 0 Å². The zero-order valence-corrected chi connectivity index (χ0v) is 18.9. The van der Waals surface area contributed by atoms with E-state index < -0.39 is 0 Å². The van der Waals surface area contributed by atoms with Gasteiger partial charge in [0.15, 0.2) is 0 Å². The molecule has 9 heteroatoms. The molecule has 1 N–H and O–H groups in total. The first kappa shape index (κ1) is 20.8.